The maximum atomic E-state index is 12.9. The molecule has 0 aromatic heterocycles. The molecular formula is C22H25ClN2O2. The van der Waals surface area contributed by atoms with Gasteiger partial charge in [0.2, 0.25) is 11.8 Å². The van der Waals surface area contributed by atoms with Crippen LogP contribution in [0.1, 0.15) is 32.6 Å². The highest BCUT2D eigenvalue weighted by molar-refractivity contribution is 6.33. The Labute approximate surface area is 165 Å². The molecule has 1 aliphatic carbocycles. The van der Waals surface area contributed by atoms with Gasteiger partial charge in [-0.3, -0.25) is 9.59 Å². The van der Waals surface area contributed by atoms with Crippen molar-refractivity contribution in [2.75, 3.05) is 16.8 Å². The summed E-state index contributed by atoms with van der Waals surface area (Å²) in [6, 6.07) is 17.0. The number of halogens is 1. The van der Waals surface area contributed by atoms with Gasteiger partial charge in [-0.25, -0.2) is 0 Å². The van der Waals surface area contributed by atoms with Gasteiger partial charge in [-0.15, -0.1) is 0 Å². The van der Waals surface area contributed by atoms with E-state index in [0.717, 1.165) is 31.4 Å². The van der Waals surface area contributed by atoms with E-state index in [0.29, 0.717) is 17.3 Å². The summed E-state index contributed by atoms with van der Waals surface area (Å²) in [6.45, 7) is 2.64. The molecule has 0 spiro atoms. The smallest absolute Gasteiger partial charge is 0.230 e. The van der Waals surface area contributed by atoms with Gasteiger partial charge in [0.1, 0.15) is 0 Å². The van der Waals surface area contributed by atoms with Crippen molar-refractivity contribution in [3.05, 3.63) is 59.6 Å². The topological polar surface area (TPSA) is 49.4 Å². The van der Waals surface area contributed by atoms with Crippen LogP contribution in [0.15, 0.2) is 54.6 Å². The first-order valence-corrected chi connectivity index (χ1v) is 9.89. The van der Waals surface area contributed by atoms with Crippen molar-refractivity contribution in [3.8, 4) is 0 Å². The van der Waals surface area contributed by atoms with Gasteiger partial charge in [0.25, 0.3) is 0 Å². The third-order valence-corrected chi connectivity index (χ3v) is 5.56. The maximum absolute atomic E-state index is 12.9. The lowest BCUT2D eigenvalue weighted by molar-refractivity contribution is -0.126. The van der Waals surface area contributed by atoms with Crippen molar-refractivity contribution in [1.82, 2.24) is 0 Å². The second-order valence-electron chi connectivity index (χ2n) is 6.94. The molecule has 1 N–H and O–H groups in total. The fourth-order valence-corrected chi connectivity index (χ4v) is 3.88. The number of hydrogen-bond donors (Lipinski definition) is 1. The Kier molecular flexibility index (Phi) is 6.51. The van der Waals surface area contributed by atoms with Gasteiger partial charge in [-0.1, -0.05) is 41.9 Å². The minimum Gasteiger partial charge on any atom is -0.325 e. The Bertz CT molecular complexity index is 786. The summed E-state index contributed by atoms with van der Waals surface area (Å²) in [6.07, 6.45) is 2.92. The number of hydrogen-bond acceptors (Lipinski definition) is 2. The van der Waals surface area contributed by atoms with Crippen LogP contribution in [-0.2, 0) is 9.59 Å². The van der Waals surface area contributed by atoms with E-state index in [1.165, 1.54) is 0 Å². The lowest BCUT2D eigenvalue weighted by Gasteiger charge is -2.31. The van der Waals surface area contributed by atoms with E-state index >= 15 is 0 Å². The molecule has 3 rings (SSSR count). The highest BCUT2D eigenvalue weighted by atomic mass is 35.5. The fourth-order valence-electron chi connectivity index (χ4n) is 3.69. The summed E-state index contributed by atoms with van der Waals surface area (Å²) in [4.78, 5) is 27.3. The number of carbonyl (C=O) groups is 2. The summed E-state index contributed by atoms with van der Waals surface area (Å²) < 4.78 is 0. The molecule has 2 aromatic carbocycles. The number of benzene rings is 2. The highest BCUT2D eigenvalue weighted by Gasteiger charge is 2.32. The molecule has 0 radical (unpaired) electrons. The molecule has 0 bridgehead atoms. The predicted molar refractivity (Wildman–Crippen MR) is 110 cm³/mol. The lowest BCUT2D eigenvalue weighted by Crippen LogP contribution is -2.39. The molecule has 0 unspecified atom stereocenters. The summed E-state index contributed by atoms with van der Waals surface area (Å²) in [5, 5.41) is 3.46. The summed E-state index contributed by atoms with van der Waals surface area (Å²) >= 11 is 6.12. The summed E-state index contributed by atoms with van der Waals surface area (Å²) in [5.41, 5.74) is 1.58. The summed E-state index contributed by atoms with van der Waals surface area (Å²) in [5.74, 6) is 0.0599. The summed E-state index contributed by atoms with van der Waals surface area (Å²) in [7, 11) is 0. The number of rotatable bonds is 5. The molecule has 5 heteroatoms. The second kappa shape index (κ2) is 9.05. The van der Waals surface area contributed by atoms with Gasteiger partial charge in [0.05, 0.1) is 10.7 Å². The average Bonchev–Trinajstić information content (AvgIpc) is 2.71. The number of para-hydroxylation sites is 2. The molecule has 27 heavy (non-hydrogen) atoms. The quantitative estimate of drug-likeness (QED) is 0.776. The van der Waals surface area contributed by atoms with Gasteiger partial charge in [-0.2, -0.15) is 0 Å². The molecule has 1 saturated carbocycles. The number of amides is 2. The van der Waals surface area contributed by atoms with E-state index in [4.69, 9.17) is 11.6 Å². The molecule has 0 heterocycles. The van der Waals surface area contributed by atoms with Crippen LogP contribution in [0.4, 0.5) is 11.4 Å². The van der Waals surface area contributed by atoms with Crippen LogP contribution in [0, 0.1) is 11.8 Å². The van der Waals surface area contributed by atoms with E-state index in [-0.39, 0.29) is 23.7 Å². The number of anilines is 2. The van der Waals surface area contributed by atoms with Crippen molar-refractivity contribution in [2.24, 2.45) is 11.8 Å². The predicted octanol–water partition coefficient (Wildman–Crippen LogP) is 5.14. The van der Waals surface area contributed by atoms with Gasteiger partial charge in [-0.05, 0) is 56.9 Å². The fraction of sp³-hybridized carbons (Fsp3) is 0.364. The third-order valence-electron chi connectivity index (χ3n) is 5.23. The lowest BCUT2D eigenvalue weighted by atomic mass is 9.80. The van der Waals surface area contributed by atoms with Crippen molar-refractivity contribution < 1.29 is 9.59 Å². The Hall–Kier alpha value is -2.33. The van der Waals surface area contributed by atoms with Gasteiger partial charge in [0.15, 0.2) is 0 Å². The molecule has 2 aromatic rings. The normalized spacial score (nSPS) is 19.3. The molecule has 0 saturated heterocycles. The molecule has 0 aliphatic heterocycles. The van der Waals surface area contributed by atoms with Crippen LogP contribution in [-0.4, -0.2) is 18.4 Å². The van der Waals surface area contributed by atoms with E-state index < -0.39 is 0 Å². The van der Waals surface area contributed by atoms with Crippen molar-refractivity contribution in [1.29, 1.82) is 0 Å². The average molecular weight is 385 g/mol. The molecule has 1 fully saturated rings. The number of carbonyl (C=O) groups excluding carboxylic acids is 2. The molecular weight excluding hydrogens is 360 g/mol. The number of nitrogens with zero attached hydrogens (tertiary/aromatic N) is 1. The van der Waals surface area contributed by atoms with Crippen LogP contribution in [0.5, 0.6) is 0 Å². The Morgan fingerprint density at radius 1 is 0.963 bits per heavy atom. The third kappa shape index (κ3) is 4.69. The zero-order chi connectivity index (χ0) is 19.2. The molecule has 2 amide bonds. The number of nitrogens with one attached hydrogen (secondary N) is 1. The Morgan fingerprint density at radius 2 is 1.56 bits per heavy atom. The van der Waals surface area contributed by atoms with E-state index in [9.17, 15) is 9.59 Å². The van der Waals surface area contributed by atoms with E-state index in [1.54, 1.807) is 12.1 Å². The van der Waals surface area contributed by atoms with Crippen LogP contribution in [0.25, 0.3) is 0 Å². The van der Waals surface area contributed by atoms with E-state index in [2.05, 4.69) is 5.32 Å². The minimum absolute atomic E-state index is 0.00981. The van der Waals surface area contributed by atoms with Gasteiger partial charge in [0, 0.05) is 24.1 Å². The monoisotopic (exact) mass is 384 g/mol. The zero-order valence-corrected chi connectivity index (χ0v) is 16.3. The second-order valence-corrected chi connectivity index (χ2v) is 7.34. The van der Waals surface area contributed by atoms with E-state index in [1.807, 2.05) is 54.3 Å². The molecule has 0 atom stereocenters. The SMILES string of the molecule is CCN(C(=O)C1CCC(C(=O)Nc2ccccc2Cl)CC1)c1ccccc1. The van der Waals surface area contributed by atoms with Crippen LogP contribution in [0.3, 0.4) is 0 Å². The van der Waals surface area contributed by atoms with Crippen molar-refractivity contribution in [2.45, 2.75) is 32.6 Å². The van der Waals surface area contributed by atoms with Crippen LogP contribution < -0.4 is 10.2 Å². The van der Waals surface area contributed by atoms with Crippen LogP contribution >= 0.6 is 11.6 Å². The first-order valence-electron chi connectivity index (χ1n) is 9.52. The van der Waals surface area contributed by atoms with Crippen molar-refractivity contribution in [3.63, 3.8) is 0 Å². The molecule has 142 valence electrons. The van der Waals surface area contributed by atoms with Gasteiger partial charge < -0.3 is 10.2 Å². The largest absolute Gasteiger partial charge is 0.325 e. The zero-order valence-electron chi connectivity index (χ0n) is 15.5. The van der Waals surface area contributed by atoms with Gasteiger partial charge >= 0.3 is 0 Å². The Balaban J connectivity index is 1.57. The first-order chi connectivity index (χ1) is 13.1. The maximum Gasteiger partial charge on any atom is 0.230 e. The molecule has 4 nitrogen and oxygen atoms in total. The molecule has 1 aliphatic rings. The standard InChI is InChI=1S/C22H25ClN2O2/c1-2-25(18-8-4-3-5-9-18)22(27)17-14-12-16(13-15-17)21(26)24-20-11-7-6-10-19(20)23/h3-11,16-17H,2,12-15H2,1H3,(H,24,26). The first kappa shape index (κ1) is 19.4. The van der Waals surface area contributed by atoms with Crippen LogP contribution in [0.2, 0.25) is 5.02 Å². The highest BCUT2D eigenvalue weighted by Crippen LogP contribution is 2.32. The Morgan fingerprint density at radius 3 is 2.19 bits per heavy atom. The van der Waals surface area contributed by atoms with Crippen molar-refractivity contribution >= 4 is 34.8 Å². The minimum atomic E-state index is -0.0721.